The minimum absolute atomic E-state index is 0.127. The van der Waals surface area contributed by atoms with Crippen LogP contribution in [0, 0.1) is 0 Å². The Bertz CT molecular complexity index is 363. The summed E-state index contributed by atoms with van der Waals surface area (Å²) in [7, 11) is 0. The third-order valence-electron chi connectivity index (χ3n) is 3.10. The zero-order chi connectivity index (χ0) is 12.1. The van der Waals surface area contributed by atoms with Crippen LogP contribution in [0.3, 0.4) is 0 Å². The number of rotatable bonds is 4. The average molecular weight is 253 g/mol. The van der Waals surface area contributed by atoms with Crippen molar-refractivity contribution in [2.45, 2.75) is 6.04 Å². The summed E-state index contributed by atoms with van der Waals surface area (Å²) in [5.74, 6) is 0.482. The van der Waals surface area contributed by atoms with Gasteiger partial charge >= 0.3 is 0 Å². The van der Waals surface area contributed by atoms with E-state index in [0.29, 0.717) is 5.88 Å². The van der Waals surface area contributed by atoms with Gasteiger partial charge < -0.3 is 5.32 Å². The molecule has 0 aromatic heterocycles. The Labute approximate surface area is 107 Å². The van der Waals surface area contributed by atoms with E-state index in [2.05, 4.69) is 10.2 Å². The summed E-state index contributed by atoms with van der Waals surface area (Å²) in [4.78, 5) is 14.5. The number of hydrogen-bond acceptors (Lipinski definition) is 3. The van der Waals surface area contributed by atoms with E-state index in [1.165, 1.54) is 0 Å². The van der Waals surface area contributed by atoms with E-state index >= 15 is 0 Å². The molecule has 1 aliphatic heterocycles. The summed E-state index contributed by atoms with van der Waals surface area (Å²) in [6, 6.07) is 9.19. The molecule has 1 aromatic rings. The lowest BCUT2D eigenvalue weighted by Gasteiger charge is -2.32. The SMILES string of the molecule is O=C(c1ccccc1)C(CCl)N1CCNCC1. The van der Waals surface area contributed by atoms with Crippen LogP contribution in [0.5, 0.6) is 0 Å². The molecule has 1 aliphatic rings. The van der Waals surface area contributed by atoms with Gasteiger partial charge in [0.15, 0.2) is 5.78 Å². The summed E-state index contributed by atoms with van der Waals surface area (Å²) >= 11 is 5.96. The predicted molar refractivity (Wildman–Crippen MR) is 69.7 cm³/mol. The van der Waals surface area contributed by atoms with Crippen molar-refractivity contribution in [3.63, 3.8) is 0 Å². The van der Waals surface area contributed by atoms with E-state index in [9.17, 15) is 4.79 Å². The number of carbonyl (C=O) groups excluding carboxylic acids is 1. The van der Waals surface area contributed by atoms with Crippen LogP contribution in [0.2, 0.25) is 0 Å². The largest absolute Gasteiger partial charge is 0.314 e. The molecule has 0 aliphatic carbocycles. The Balaban J connectivity index is 2.09. The zero-order valence-electron chi connectivity index (χ0n) is 9.73. The van der Waals surface area contributed by atoms with Gasteiger partial charge in [-0.1, -0.05) is 30.3 Å². The highest BCUT2D eigenvalue weighted by atomic mass is 35.5. The summed E-state index contributed by atoms with van der Waals surface area (Å²) in [6.45, 7) is 3.62. The van der Waals surface area contributed by atoms with Crippen LogP contribution in [0.1, 0.15) is 10.4 Å². The molecule has 0 radical (unpaired) electrons. The van der Waals surface area contributed by atoms with E-state index in [-0.39, 0.29) is 11.8 Å². The second-order valence-electron chi connectivity index (χ2n) is 4.19. The smallest absolute Gasteiger partial charge is 0.181 e. The Kier molecular flexibility index (Phi) is 4.54. The number of piperazine rings is 1. The number of carbonyl (C=O) groups is 1. The van der Waals surface area contributed by atoms with Gasteiger partial charge in [0.05, 0.1) is 6.04 Å². The Morgan fingerprint density at radius 3 is 2.53 bits per heavy atom. The van der Waals surface area contributed by atoms with Crippen molar-refractivity contribution in [3.05, 3.63) is 35.9 Å². The Morgan fingerprint density at radius 1 is 1.29 bits per heavy atom. The number of nitrogens with one attached hydrogen (secondary N) is 1. The van der Waals surface area contributed by atoms with Crippen molar-refractivity contribution >= 4 is 17.4 Å². The van der Waals surface area contributed by atoms with Crippen molar-refractivity contribution in [3.8, 4) is 0 Å². The van der Waals surface area contributed by atoms with E-state index in [1.807, 2.05) is 30.3 Å². The monoisotopic (exact) mass is 252 g/mol. The van der Waals surface area contributed by atoms with Crippen molar-refractivity contribution < 1.29 is 4.79 Å². The molecule has 0 saturated carbocycles. The van der Waals surface area contributed by atoms with Crippen LogP contribution in [0.25, 0.3) is 0 Å². The number of benzene rings is 1. The molecule has 3 nitrogen and oxygen atoms in total. The lowest BCUT2D eigenvalue weighted by Crippen LogP contribution is -2.52. The minimum Gasteiger partial charge on any atom is -0.314 e. The van der Waals surface area contributed by atoms with Gasteiger partial charge in [0.1, 0.15) is 0 Å². The second-order valence-corrected chi connectivity index (χ2v) is 4.49. The molecular weight excluding hydrogens is 236 g/mol. The van der Waals surface area contributed by atoms with Gasteiger partial charge in [0.2, 0.25) is 0 Å². The molecule has 0 bridgehead atoms. The zero-order valence-corrected chi connectivity index (χ0v) is 10.5. The molecular formula is C13H17ClN2O. The molecule has 92 valence electrons. The lowest BCUT2D eigenvalue weighted by atomic mass is 10.0. The van der Waals surface area contributed by atoms with Gasteiger partial charge in [-0.3, -0.25) is 9.69 Å². The third-order valence-corrected chi connectivity index (χ3v) is 3.39. The molecule has 1 N–H and O–H groups in total. The first-order valence-electron chi connectivity index (χ1n) is 5.93. The molecule has 0 spiro atoms. The molecule has 1 unspecified atom stereocenters. The average Bonchev–Trinajstić information content (AvgIpc) is 2.42. The van der Waals surface area contributed by atoms with Crippen LogP contribution in [0.4, 0.5) is 0 Å². The Hall–Kier alpha value is -0.900. The molecule has 17 heavy (non-hydrogen) atoms. The third kappa shape index (κ3) is 3.06. The summed E-state index contributed by atoms with van der Waals surface area (Å²) in [5.41, 5.74) is 0.747. The van der Waals surface area contributed by atoms with Crippen molar-refractivity contribution in [1.82, 2.24) is 10.2 Å². The maximum atomic E-state index is 12.3. The first-order valence-corrected chi connectivity index (χ1v) is 6.46. The van der Waals surface area contributed by atoms with Gasteiger partial charge in [-0.2, -0.15) is 0 Å². The minimum atomic E-state index is -0.193. The summed E-state index contributed by atoms with van der Waals surface area (Å²) < 4.78 is 0. The fraction of sp³-hybridized carbons (Fsp3) is 0.462. The number of Topliss-reactive ketones (excluding diaryl/α,β-unsaturated/α-hetero) is 1. The van der Waals surface area contributed by atoms with Crippen LogP contribution in [0.15, 0.2) is 30.3 Å². The molecule has 2 rings (SSSR count). The van der Waals surface area contributed by atoms with Gasteiger partial charge in [-0.25, -0.2) is 0 Å². The van der Waals surface area contributed by atoms with Gasteiger partial charge in [0.25, 0.3) is 0 Å². The van der Waals surface area contributed by atoms with E-state index in [0.717, 1.165) is 31.7 Å². The van der Waals surface area contributed by atoms with Crippen molar-refractivity contribution in [2.24, 2.45) is 0 Å². The molecule has 1 fully saturated rings. The number of ketones is 1. The maximum absolute atomic E-state index is 12.3. The Morgan fingerprint density at radius 2 is 1.94 bits per heavy atom. The van der Waals surface area contributed by atoms with Gasteiger partial charge in [-0.15, -0.1) is 11.6 Å². The predicted octanol–water partition coefficient (Wildman–Crippen LogP) is 1.38. The standard InChI is InChI=1S/C13H17ClN2O/c14-10-12(16-8-6-15-7-9-16)13(17)11-4-2-1-3-5-11/h1-5,12,15H,6-10H2. The lowest BCUT2D eigenvalue weighted by molar-refractivity contribution is 0.0824. The van der Waals surface area contributed by atoms with E-state index < -0.39 is 0 Å². The van der Waals surface area contributed by atoms with Crippen LogP contribution in [-0.4, -0.2) is 48.8 Å². The normalized spacial score (nSPS) is 18.9. The number of halogens is 1. The number of nitrogens with zero attached hydrogens (tertiary/aromatic N) is 1. The number of hydrogen-bond donors (Lipinski definition) is 1. The molecule has 4 heteroatoms. The fourth-order valence-electron chi connectivity index (χ4n) is 2.12. The first-order chi connectivity index (χ1) is 8.33. The van der Waals surface area contributed by atoms with E-state index in [1.54, 1.807) is 0 Å². The van der Waals surface area contributed by atoms with Crippen molar-refractivity contribution in [2.75, 3.05) is 32.1 Å². The second kappa shape index (κ2) is 6.15. The van der Waals surface area contributed by atoms with Crippen molar-refractivity contribution in [1.29, 1.82) is 0 Å². The topological polar surface area (TPSA) is 32.3 Å². The molecule has 1 atom stereocenters. The van der Waals surface area contributed by atoms with E-state index in [4.69, 9.17) is 11.6 Å². The molecule has 1 saturated heterocycles. The maximum Gasteiger partial charge on any atom is 0.181 e. The highest BCUT2D eigenvalue weighted by molar-refractivity contribution is 6.21. The molecule has 1 aromatic carbocycles. The van der Waals surface area contributed by atoms with Gasteiger partial charge in [-0.05, 0) is 0 Å². The fourth-order valence-corrected chi connectivity index (χ4v) is 2.46. The first kappa shape index (κ1) is 12.6. The van der Waals surface area contributed by atoms with Crippen LogP contribution < -0.4 is 5.32 Å². The summed E-state index contributed by atoms with van der Waals surface area (Å²) in [6.07, 6.45) is 0. The number of alkyl halides is 1. The highest BCUT2D eigenvalue weighted by Gasteiger charge is 2.26. The molecule has 1 heterocycles. The summed E-state index contributed by atoms with van der Waals surface area (Å²) in [5, 5.41) is 3.28. The highest BCUT2D eigenvalue weighted by Crippen LogP contribution is 2.11. The molecule has 0 amide bonds. The van der Waals surface area contributed by atoms with Crippen LogP contribution in [-0.2, 0) is 0 Å². The quantitative estimate of drug-likeness (QED) is 0.649. The van der Waals surface area contributed by atoms with Gasteiger partial charge in [0, 0.05) is 37.6 Å². The van der Waals surface area contributed by atoms with Crippen LogP contribution >= 0.6 is 11.6 Å².